The second-order valence-electron chi connectivity index (χ2n) is 3.95. The van der Waals surface area contributed by atoms with E-state index in [4.69, 9.17) is 11.6 Å². The van der Waals surface area contributed by atoms with Crippen molar-refractivity contribution in [2.24, 2.45) is 0 Å². The minimum Gasteiger partial charge on any atom is -0.315 e. The van der Waals surface area contributed by atoms with Crippen LogP contribution in [0.15, 0.2) is 29.4 Å². The van der Waals surface area contributed by atoms with E-state index >= 15 is 0 Å². The van der Waals surface area contributed by atoms with E-state index in [-0.39, 0.29) is 0 Å². The molecule has 1 heterocycles. The first-order chi connectivity index (χ1) is 9.29. The zero-order chi connectivity index (χ0) is 13.5. The van der Waals surface area contributed by atoms with Gasteiger partial charge in [-0.05, 0) is 34.7 Å². The molecule has 0 bridgehead atoms. The molecule has 7 heteroatoms. The number of hydrogen-bond donors (Lipinski definition) is 1. The number of thioether (sulfide) groups is 1. The topological polar surface area (TPSA) is 55.6 Å². The molecule has 102 valence electrons. The van der Waals surface area contributed by atoms with Crippen molar-refractivity contribution in [1.29, 1.82) is 0 Å². The lowest BCUT2D eigenvalue weighted by Gasteiger charge is -2.04. The summed E-state index contributed by atoms with van der Waals surface area (Å²) in [6.07, 6.45) is 0. The molecule has 0 fully saturated rings. The maximum absolute atomic E-state index is 5.86. The third-order valence-electron chi connectivity index (χ3n) is 2.53. The van der Waals surface area contributed by atoms with Crippen LogP contribution < -0.4 is 5.32 Å². The van der Waals surface area contributed by atoms with E-state index in [0.29, 0.717) is 0 Å². The standard InChI is InChI=1S/C12H16ClN5S/c1-2-14-7-8-18-12(15-16-17-18)19-9-10-3-5-11(13)6-4-10/h3-6,14H,2,7-9H2,1H3. The molecule has 5 nitrogen and oxygen atoms in total. The number of halogens is 1. The highest BCUT2D eigenvalue weighted by molar-refractivity contribution is 7.98. The van der Waals surface area contributed by atoms with Gasteiger partial charge in [0.1, 0.15) is 0 Å². The molecule has 2 aromatic rings. The van der Waals surface area contributed by atoms with Crippen molar-refractivity contribution in [3.8, 4) is 0 Å². The van der Waals surface area contributed by atoms with Crippen molar-refractivity contribution < 1.29 is 0 Å². The molecular formula is C12H16ClN5S. The lowest BCUT2D eigenvalue weighted by molar-refractivity contribution is 0.517. The van der Waals surface area contributed by atoms with Gasteiger partial charge < -0.3 is 5.32 Å². The van der Waals surface area contributed by atoms with E-state index < -0.39 is 0 Å². The van der Waals surface area contributed by atoms with Crippen LogP contribution in [0.3, 0.4) is 0 Å². The summed E-state index contributed by atoms with van der Waals surface area (Å²) >= 11 is 7.48. The molecule has 0 aliphatic rings. The monoisotopic (exact) mass is 297 g/mol. The maximum atomic E-state index is 5.86. The summed E-state index contributed by atoms with van der Waals surface area (Å²) in [6, 6.07) is 7.82. The Morgan fingerprint density at radius 3 is 2.84 bits per heavy atom. The number of nitrogens with one attached hydrogen (secondary N) is 1. The van der Waals surface area contributed by atoms with Crippen molar-refractivity contribution in [3.63, 3.8) is 0 Å². The van der Waals surface area contributed by atoms with Crippen molar-refractivity contribution >= 4 is 23.4 Å². The number of tetrazole rings is 1. The molecule has 1 aromatic heterocycles. The van der Waals surface area contributed by atoms with Crippen molar-refractivity contribution in [3.05, 3.63) is 34.9 Å². The summed E-state index contributed by atoms with van der Waals surface area (Å²) in [7, 11) is 0. The van der Waals surface area contributed by atoms with Crippen LogP contribution in [-0.4, -0.2) is 33.3 Å². The van der Waals surface area contributed by atoms with Crippen LogP contribution in [0.25, 0.3) is 0 Å². The van der Waals surface area contributed by atoms with E-state index in [1.54, 1.807) is 11.8 Å². The smallest absolute Gasteiger partial charge is 0.209 e. The minimum atomic E-state index is 0.754. The molecule has 0 saturated carbocycles. The summed E-state index contributed by atoms with van der Waals surface area (Å²) < 4.78 is 1.82. The van der Waals surface area contributed by atoms with Gasteiger partial charge in [-0.15, -0.1) is 5.10 Å². The molecule has 19 heavy (non-hydrogen) atoms. The third kappa shape index (κ3) is 4.49. The summed E-state index contributed by atoms with van der Waals surface area (Å²) in [5.74, 6) is 0.832. The predicted octanol–water partition coefficient (Wildman–Crippen LogP) is 2.23. The Morgan fingerprint density at radius 1 is 1.32 bits per heavy atom. The molecule has 0 amide bonds. The lowest BCUT2D eigenvalue weighted by Crippen LogP contribution is -2.20. The summed E-state index contributed by atoms with van der Waals surface area (Å²) in [6.45, 7) is 4.69. The van der Waals surface area contributed by atoms with Gasteiger partial charge in [-0.2, -0.15) is 0 Å². The van der Waals surface area contributed by atoms with Crippen molar-refractivity contribution in [1.82, 2.24) is 25.5 Å². The van der Waals surface area contributed by atoms with Gasteiger partial charge in [-0.3, -0.25) is 0 Å². The predicted molar refractivity (Wildman–Crippen MR) is 77.4 cm³/mol. The highest BCUT2D eigenvalue weighted by atomic mass is 35.5. The van der Waals surface area contributed by atoms with Crippen LogP contribution in [0.5, 0.6) is 0 Å². The Labute approximate surface area is 121 Å². The number of rotatable bonds is 7. The third-order valence-corrected chi connectivity index (χ3v) is 3.81. The van der Waals surface area contributed by atoms with E-state index in [0.717, 1.165) is 35.6 Å². The summed E-state index contributed by atoms with van der Waals surface area (Å²) in [5, 5.41) is 16.6. The van der Waals surface area contributed by atoms with Gasteiger partial charge in [0, 0.05) is 17.3 Å². The number of benzene rings is 1. The van der Waals surface area contributed by atoms with Crippen LogP contribution in [0.2, 0.25) is 5.02 Å². The normalized spacial score (nSPS) is 10.8. The number of hydrogen-bond acceptors (Lipinski definition) is 5. The quantitative estimate of drug-likeness (QED) is 0.627. The average Bonchev–Trinajstić information content (AvgIpc) is 2.86. The zero-order valence-electron chi connectivity index (χ0n) is 10.7. The van der Waals surface area contributed by atoms with Crippen molar-refractivity contribution in [2.45, 2.75) is 24.4 Å². The molecule has 0 aliphatic heterocycles. The van der Waals surface area contributed by atoms with E-state index in [1.165, 1.54) is 5.56 Å². The summed E-state index contributed by atoms with van der Waals surface area (Å²) in [4.78, 5) is 0. The Balaban J connectivity index is 1.88. The van der Waals surface area contributed by atoms with Crippen LogP contribution >= 0.6 is 23.4 Å². The first-order valence-electron chi connectivity index (χ1n) is 6.13. The molecule has 0 aliphatic carbocycles. The lowest BCUT2D eigenvalue weighted by atomic mass is 10.2. The van der Waals surface area contributed by atoms with Gasteiger partial charge in [0.25, 0.3) is 0 Å². The molecule has 0 spiro atoms. The molecule has 0 radical (unpaired) electrons. The molecule has 1 aromatic carbocycles. The van der Waals surface area contributed by atoms with Gasteiger partial charge in [-0.1, -0.05) is 42.4 Å². The Kier molecular flexibility index (Phi) is 5.62. The Morgan fingerprint density at radius 2 is 2.11 bits per heavy atom. The first kappa shape index (κ1) is 14.3. The fourth-order valence-corrected chi connectivity index (χ4v) is 2.52. The van der Waals surface area contributed by atoms with Gasteiger partial charge in [0.05, 0.1) is 6.54 Å². The van der Waals surface area contributed by atoms with Gasteiger partial charge >= 0.3 is 0 Å². The highest BCUT2D eigenvalue weighted by Gasteiger charge is 2.06. The molecule has 0 unspecified atom stereocenters. The van der Waals surface area contributed by atoms with Gasteiger partial charge in [0.15, 0.2) is 0 Å². The van der Waals surface area contributed by atoms with E-state index in [1.807, 2.05) is 28.9 Å². The van der Waals surface area contributed by atoms with E-state index in [2.05, 4.69) is 27.8 Å². The number of aromatic nitrogens is 4. The van der Waals surface area contributed by atoms with Gasteiger partial charge in [-0.25, -0.2) is 4.68 Å². The molecule has 0 saturated heterocycles. The largest absolute Gasteiger partial charge is 0.315 e. The number of likely N-dealkylation sites (N-methyl/N-ethyl adjacent to an activating group) is 1. The average molecular weight is 298 g/mol. The molecule has 2 rings (SSSR count). The van der Waals surface area contributed by atoms with Crippen LogP contribution in [0.1, 0.15) is 12.5 Å². The van der Waals surface area contributed by atoms with Crippen LogP contribution in [0, 0.1) is 0 Å². The first-order valence-corrected chi connectivity index (χ1v) is 7.50. The van der Waals surface area contributed by atoms with Gasteiger partial charge in [0.2, 0.25) is 5.16 Å². The molecular weight excluding hydrogens is 282 g/mol. The van der Waals surface area contributed by atoms with Crippen LogP contribution in [-0.2, 0) is 12.3 Å². The minimum absolute atomic E-state index is 0.754. The zero-order valence-corrected chi connectivity index (χ0v) is 12.3. The molecule has 1 N–H and O–H groups in total. The second kappa shape index (κ2) is 7.47. The van der Waals surface area contributed by atoms with Crippen LogP contribution in [0.4, 0.5) is 0 Å². The highest BCUT2D eigenvalue weighted by Crippen LogP contribution is 2.20. The van der Waals surface area contributed by atoms with Crippen molar-refractivity contribution in [2.75, 3.05) is 13.1 Å². The Hall–Kier alpha value is -1.11. The van der Waals surface area contributed by atoms with E-state index in [9.17, 15) is 0 Å². The molecule has 0 atom stereocenters. The maximum Gasteiger partial charge on any atom is 0.209 e. The second-order valence-corrected chi connectivity index (χ2v) is 5.33. The summed E-state index contributed by atoms with van der Waals surface area (Å²) in [5.41, 5.74) is 1.20. The SMILES string of the molecule is CCNCCn1nnnc1SCc1ccc(Cl)cc1. The Bertz CT molecular complexity index is 499. The fraction of sp³-hybridized carbons (Fsp3) is 0.417. The number of nitrogens with zero attached hydrogens (tertiary/aromatic N) is 4. The fourth-order valence-electron chi connectivity index (χ4n) is 1.53.